The average molecular weight is 376 g/mol. The third-order valence-corrected chi connectivity index (χ3v) is 5.46. The van der Waals surface area contributed by atoms with Gasteiger partial charge in [0.2, 0.25) is 0 Å². The van der Waals surface area contributed by atoms with Gasteiger partial charge in [-0.15, -0.1) is 0 Å². The number of benzene rings is 1. The maximum atomic E-state index is 12.0. The zero-order valence-electron chi connectivity index (χ0n) is 16.8. The van der Waals surface area contributed by atoms with E-state index < -0.39 is 12.3 Å². The Labute approximate surface area is 162 Å². The van der Waals surface area contributed by atoms with Crippen molar-refractivity contribution in [2.45, 2.75) is 52.9 Å². The zero-order chi connectivity index (χ0) is 19.8. The van der Waals surface area contributed by atoms with E-state index in [-0.39, 0.29) is 24.5 Å². The van der Waals surface area contributed by atoms with Gasteiger partial charge in [-0.2, -0.15) is 0 Å². The Kier molecular flexibility index (Phi) is 8.32. The van der Waals surface area contributed by atoms with Gasteiger partial charge in [-0.25, -0.2) is 4.79 Å². The second-order valence-corrected chi connectivity index (χ2v) is 7.38. The van der Waals surface area contributed by atoms with Crippen LogP contribution >= 0.6 is 0 Å². The monoisotopic (exact) mass is 376 g/mol. The number of esters is 1. The van der Waals surface area contributed by atoms with Crippen molar-refractivity contribution in [3.63, 3.8) is 0 Å². The van der Waals surface area contributed by atoms with Gasteiger partial charge in [-0.3, -0.25) is 0 Å². The number of carbonyl (C=O) groups is 1. The lowest BCUT2D eigenvalue weighted by Crippen LogP contribution is -2.46. The Balaban J connectivity index is 1.79. The fraction of sp³-hybridized carbons (Fsp3) is 0.591. The van der Waals surface area contributed by atoms with Crippen LogP contribution in [-0.2, 0) is 14.3 Å². The van der Waals surface area contributed by atoms with Gasteiger partial charge in [-0.05, 0) is 42.0 Å². The van der Waals surface area contributed by atoms with Crippen LogP contribution in [0.1, 0.15) is 46.1 Å². The molecule has 5 heteroatoms. The summed E-state index contributed by atoms with van der Waals surface area (Å²) in [7, 11) is 0. The minimum absolute atomic E-state index is 0.0702. The molecule has 0 saturated carbocycles. The lowest BCUT2D eigenvalue weighted by Gasteiger charge is -2.41. The highest BCUT2D eigenvalue weighted by molar-refractivity contribution is 5.87. The van der Waals surface area contributed by atoms with Crippen molar-refractivity contribution < 1.29 is 24.1 Å². The van der Waals surface area contributed by atoms with E-state index in [0.29, 0.717) is 12.5 Å². The average Bonchev–Trinajstić information content (AvgIpc) is 2.67. The predicted molar refractivity (Wildman–Crippen MR) is 105 cm³/mol. The van der Waals surface area contributed by atoms with Gasteiger partial charge in [-0.1, -0.05) is 46.2 Å². The Hall–Kier alpha value is -1.85. The smallest absolute Gasteiger partial charge is 0.330 e. The number of hydrogen-bond donors (Lipinski definition) is 1. The van der Waals surface area contributed by atoms with Gasteiger partial charge in [0, 0.05) is 12.0 Å². The minimum atomic E-state index is -0.812. The molecular weight excluding hydrogens is 344 g/mol. The molecule has 0 spiro atoms. The molecule has 0 aromatic heterocycles. The van der Waals surface area contributed by atoms with Crippen LogP contribution in [0.3, 0.4) is 0 Å². The standard InChI is InChI=1S/C22H32O5/c1-5-6-13-25-19-10-7-18(8-11-19)9-12-21(23)26-14-20-16(3)15(2)17(4)22(24)27-20/h7-12,15-17,20,22,24H,5-6,13-14H2,1-4H3/b12-9+/t15-,16-,17?,20?,22-/m0/s1. The Morgan fingerprint density at radius 3 is 2.52 bits per heavy atom. The van der Waals surface area contributed by atoms with Gasteiger partial charge >= 0.3 is 5.97 Å². The Bertz CT molecular complexity index is 610. The van der Waals surface area contributed by atoms with Crippen LogP contribution < -0.4 is 4.74 Å². The number of carbonyl (C=O) groups excluding carboxylic acids is 1. The second-order valence-electron chi connectivity index (χ2n) is 7.38. The number of ether oxygens (including phenoxy) is 3. The summed E-state index contributed by atoms with van der Waals surface area (Å²) in [5, 5.41) is 9.96. The molecule has 1 aliphatic heterocycles. The highest BCUT2D eigenvalue weighted by atomic mass is 16.6. The lowest BCUT2D eigenvalue weighted by atomic mass is 9.79. The molecule has 1 N–H and O–H groups in total. The van der Waals surface area contributed by atoms with Crippen molar-refractivity contribution in [1.82, 2.24) is 0 Å². The first-order valence-electron chi connectivity index (χ1n) is 9.83. The van der Waals surface area contributed by atoms with Crippen LogP contribution in [0.15, 0.2) is 30.3 Å². The van der Waals surface area contributed by atoms with Crippen LogP contribution in [0.25, 0.3) is 6.08 Å². The van der Waals surface area contributed by atoms with Crippen LogP contribution in [0.4, 0.5) is 0 Å². The highest BCUT2D eigenvalue weighted by Crippen LogP contribution is 2.34. The summed E-state index contributed by atoms with van der Waals surface area (Å²) in [6, 6.07) is 7.58. The first-order valence-corrected chi connectivity index (χ1v) is 9.83. The van der Waals surface area contributed by atoms with Crippen molar-refractivity contribution in [2.24, 2.45) is 17.8 Å². The summed E-state index contributed by atoms with van der Waals surface area (Å²) < 4.78 is 16.5. The molecule has 0 aliphatic carbocycles. The van der Waals surface area contributed by atoms with E-state index in [4.69, 9.17) is 14.2 Å². The SMILES string of the molecule is CCCCOc1ccc(/C=C/C(=O)OCC2O[C@H](O)C(C)[C@@H](C)[C@@H]2C)cc1. The number of rotatable bonds is 8. The largest absolute Gasteiger partial charge is 0.494 e. The molecule has 150 valence electrons. The van der Waals surface area contributed by atoms with E-state index in [1.807, 2.05) is 31.2 Å². The Morgan fingerprint density at radius 1 is 1.15 bits per heavy atom. The summed E-state index contributed by atoms with van der Waals surface area (Å²) in [6.07, 6.45) is 4.15. The van der Waals surface area contributed by atoms with E-state index in [2.05, 4.69) is 20.8 Å². The minimum Gasteiger partial charge on any atom is -0.494 e. The third kappa shape index (κ3) is 6.36. The molecule has 5 nitrogen and oxygen atoms in total. The number of aliphatic hydroxyl groups is 1. The molecule has 0 radical (unpaired) electrons. The van der Waals surface area contributed by atoms with Gasteiger partial charge in [0.05, 0.1) is 12.7 Å². The summed E-state index contributed by atoms with van der Waals surface area (Å²) in [5.41, 5.74) is 0.898. The third-order valence-electron chi connectivity index (χ3n) is 5.46. The fourth-order valence-corrected chi connectivity index (χ4v) is 3.08. The van der Waals surface area contributed by atoms with Crippen molar-refractivity contribution in [2.75, 3.05) is 13.2 Å². The second kappa shape index (κ2) is 10.5. The van der Waals surface area contributed by atoms with E-state index in [0.717, 1.165) is 24.2 Å². The number of unbranched alkanes of at least 4 members (excludes halogenated alkanes) is 1. The lowest BCUT2D eigenvalue weighted by molar-refractivity contribution is -0.234. The molecule has 27 heavy (non-hydrogen) atoms. The molecule has 2 unspecified atom stereocenters. The van der Waals surface area contributed by atoms with E-state index in [1.54, 1.807) is 6.08 Å². The van der Waals surface area contributed by atoms with Crippen molar-refractivity contribution >= 4 is 12.0 Å². The molecule has 5 atom stereocenters. The molecule has 1 aromatic rings. The maximum Gasteiger partial charge on any atom is 0.330 e. The molecule has 1 aromatic carbocycles. The van der Waals surface area contributed by atoms with Gasteiger partial charge in [0.25, 0.3) is 0 Å². The summed E-state index contributed by atoms with van der Waals surface area (Å²) in [5.74, 6) is 0.982. The molecule has 1 heterocycles. The fourth-order valence-electron chi connectivity index (χ4n) is 3.08. The van der Waals surface area contributed by atoms with Gasteiger partial charge in [0.1, 0.15) is 12.4 Å². The molecular formula is C22H32O5. The Morgan fingerprint density at radius 2 is 1.85 bits per heavy atom. The summed E-state index contributed by atoms with van der Waals surface area (Å²) in [4.78, 5) is 12.0. The topological polar surface area (TPSA) is 65.0 Å². The molecule has 2 rings (SSSR count). The molecule has 1 saturated heterocycles. The number of hydrogen-bond acceptors (Lipinski definition) is 5. The van der Waals surface area contributed by atoms with Crippen molar-refractivity contribution in [1.29, 1.82) is 0 Å². The molecule has 1 fully saturated rings. The molecule has 1 aliphatic rings. The maximum absolute atomic E-state index is 12.0. The summed E-state index contributed by atoms with van der Waals surface area (Å²) in [6.45, 7) is 9.10. The van der Waals surface area contributed by atoms with Crippen molar-refractivity contribution in [3.8, 4) is 5.75 Å². The first-order chi connectivity index (χ1) is 12.9. The first kappa shape index (κ1) is 21.5. The number of aliphatic hydroxyl groups excluding tert-OH is 1. The van der Waals surface area contributed by atoms with E-state index >= 15 is 0 Å². The van der Waals surface area contributed by atoms with Crippen LogP contribution in [0.2, 0.25) is 0 Å². The van der Waals surface area contributed by atoms with Gasteiger partial charge < -0.3 is 19.3 Å². The highest BCUT2D eigenvalue weighted by Gasteiger charge is 2.38. The van der Waals surface area contributed by atoms with Crippen molar-refractivity contribution in [3.05, 3.63) is 35.9 Å². The summed E-state index contributed by atoms with van der Waals surface area (Å²) >= 11 is 0. The van der Waals surface area contributed by atoms with Gasteiger partial charge in [0.15, 0.2) is 6.29 Å². The predicted octanol–water partition coefficient (Wildman–Crippen LogP) is 4.05. The zero-order valence-corrected chi connectivity index (χ0v) is 16.8. The normalized spacial score (nSPS) is 28.3. The van der Waals surface area contributed by atoms with E-state index in [9.17, 15) is 9.90 Å². The quantitative estimate of drug-likeness (QED) is 0.421. The molecule has 0 bridgehead atoms. The van der Waals surface area contributed by atoms with E-state index in [1.165, 1.54) is 6.08 Å². The van der Waals surface area contributed by atoms with Crippen LogP contribution in [0.5, 0.6) is 5.75 Å². The molecule has 0 amide bonds. The van der Waals surface area contributed by atoms with Crippen LogP contribution in [-0.4, -0.2) is 36.7 Å². The van der Waals surface area contributed by atoms with Crippen LogP contribution in [0, 0.1) is 17.8 Å².